The van der Waals surface area contributed by atoms with Gasteiger partial charge in [0.15, 0.2) is 5.78 Å². The number of benzene rings is 1. The SMILES string of the molecule is O=C1CN(CC(=O)c2ccc(Cl)c(Cl)c2)CCN1. The molecule has 1 fully saturated rings. The first kappa shape index (κ1) is 13.3. The maximum atomic E-state index is 12.0. The van der Waals surface area contributed by atoms with Crippen LogP contribution in [-0.4, -0.2) is 42.8 Å². The molecule has 2 rings (SSSR count). The van der Waals surface area contributed by atoms with E-state index in [0.29, 0.717) is 28.7 Å². The van der Waals surface area contributed by atoms with Crippen molar-refractivity contribution in [2.24, 2.45) is 0 Å². The summed E-state index contributed by atoms with van der Waals surface area (Å²) in [6, 6.07) is 4.79. The first-order chi connectivity index (χ1) is 8.56. The number of Topliss-reactive ketones (excluding diaryl/α,β-unsaturated/α-hetero) is 1. The van der Waals surface area contributed by atoms with Crippen LogP contribution in [0.15, 0.2) is 18.2 Å². The second-order valence-electron chi connectivity index (χ2n) is 4.11. The fourth-order valence-corrected chi connectivity index (χ4v) is 2.09. The van der Waals surface area contributed by atoms with Crippen LogP contribution in [0.4, 0.5) is 0 Å². The number of nitrogens with one attached hydrogen (secondary N) is 1. The van der Waals surface area contributed by atoms with Crippen molar-refractivity contribution in [1.82, 2.24) is 10.2 Å². The third-order valence-electron chi connectivity index (χ3n) is 2.73. The van der Waals surface area contributed by atoms with Gasteiger partial charge in [-0.3, -0.25) is 14.5 Å². The Morgan fingerprint density at radius 1 is 1.33 bits per heavy atom. The van der Waals surface area contributed by atoms with Crippen LogP contribution in [0.2, 0.25) is 10.0 Å². The molecule has 0 spiro atoms. The predicted octanol–water partition coefficient (Wildman–Crippen LogP) is 1.61. The minimum absolute atomic E-state index is 0.0526. The standard InChI is InChI=1S/C12H12Cl2N2O2/c13-9-2-1-8(5-10(9)14)11(17)6-16-4-3-15-12(18)7-16/h1-2,5H,3-4,6-7H2,(H,15,18). The summed E-state index contributed by atoms with van der Waals surface area (Å²) in [7, 11) is 0. The smallest absolute Gasteiger partial charge is 0.234 e. The Labute approximate surface area is 115 Å². The van der Waals surface area contributed by atoms with Gasteiger partial charge in [-0.2, -0.15) is 0 Å². The molecule has 4 nitrogen and oxygen atoms in total. The van der Waals surface area contributed by atoms with E-state index >= 15 is 0 Å². The molecular weight excluding hydrogens is 275 g/mol. The van der Waals surface area contributed by atoms with Crippen molar-refractivity contribution < 1.29 is 9.59 Å². The third kappa shape index (κ3) is 3.22. The number of hydrogen-bond donors (Lipinski definition) is 1. The van der Waals surface area contributed by atoms with Crippen molar-refractivity contribution in [3.63, 3.8) is 0 Å². The maximum absolute atomic E-state index is 12.0. The van der Waals surface area contributed by atoms with E-state index in [-0.39, 0.29) is 24.8 Å². The Morgan fingerprint density at radius 3 is 2.78 bits per heavy atom. The highest BCUT2D eigenvalue weighted by Crippen LogP contribution is 2.22. The molecule has 0 saturated carbocycles. The number of nitrogens with zero attached hydrogens (tertiary/aromatic N) is 1. The van der Waals surface area contributed by atoms with Gasteiger partial charge in [-0.05, 0) is 18.2 Å². The molecule has 18 heavy (non-hydrogen) atoms. The molecule has 1 aliphatic heterocycles. The van der Waals surface area contributed by atoms with E-state index in [1.54, 1.807) is 18.2 Å². The quantitative estimate of drug-likeness (QED) is 0.859. The van der Waals surface area contributed by atoms with Crippen LogP contribution in [0.3, 0.4) is 0 Å². The molecule has 1 saturated heterocycles. The lowest BCUT2D eigenvalue weighted by Gasteiger charge is -2.25. The van der Waals surface area contributed by atoms with E-state index in [1.165, 1.54) is 0 Å². The summed E-state index contributed by atoms with van der Waals surface area (Å²) < 4.78 is 0. The number of ketones is 1. The van der Waals surface area contributed by atoms with E-state index in [2.05, 4.69) is 5.32 Å². The predicted molar refractivity (Wildman–Crippen MR) is 70.2 cm³/mol. The molecule has 0 bridgehead atoms. The molecule has 1 N–H and O–H groups in total. The highest BCUT2D eigenvalue weighted by Gasteiger charge is 2.19. The summed E-state index contributed by atoms with van der Waals surface area (Å²) >= 11 is 11.7. The molecule has 1 aromatic rings. The molecule has 0 unspecified atom stereocenters. The Balaban J connectivity index is 2.02. The van der Waals surface area contributed by atoms with Crippen molar-refractivity contribution in [2.45, 2.75) is 0 Å². The number of carbonyl (C=O) groups excluding carboxylic acids is 2. The van der Waals surface area contributed by atoms with Gasteiger partial charge < -0.3 is 5.32 Å². The minimum atomic E-state index is -0.0664. The number of rotatable bonds is 3. The molecule has 0 radical (unpaired) electrons. The lowest BCUT2D eigenvalue weighted by molar-refractivity contribution is -0.123. The van der Waals surface area contributed by atoms with Gasteiger partial charge in [-0.15, -0.1) is 0 Å². The molecular formula is C12H12Cl2N2O2. The first-order valence-electron chi connectivity index (χ1n) is 5.53. The number of halogens is 2. The Morgan fingerprint density at radius 2 is 2.11 bits per heavy atom. The van der Waals surface area contributed by atoms with E-state index in [9.17, 15) is 9.59 Å². The Hall–Kier alpha value is -1.10. The van der Waals surface area contributed by atoms with E-state index < -0.39 is 0 Å². The number of hydrogen-bond acceptors (Lipinski definition) is 3. The first-order valence-corrected chi connectivity index (χ1v) is 6.29. The van der Waals surface area contributed by atoms with Crippen LogP contribution in [0.25, 0.3) is 0 Å². The molecule has 96 valence electrons. The largest absolute Gasteiger partial charge is 0.354 e. The summed E-state index contributed by atoms with van der Waals surface area (Å²) in [5.74, 6) is -0.119. The summed E-state index contributed by atoms with van der Waals surface area (Å²) in [5, 5.41) is 3.49. The van der Waals surface area contributed by atoms with Crippen molar-refractivity contribution in [2.75, 3.05) is 26.2 Å². The minimum Gasteiger partial charge on any atom is -0.354 e. The zero-order valence-corrected chi connectivity index (χ0v) is 11.1. The third-order valence-corrected chi connectivity index (χ3v) is 3.47. The van der Waals surface area contributed by atoms with Crippen LogP contribution in [0.1, 0.15) is 10.4 Å². The van der Waals surface area contributed by atoms with Crippen LogP contribution in [-0.2, 0) is 4.79 Å². The zero-order chi connectivity index (χ0) is 13.1. The topological polar surface area (TPSA) is 49.4 Å². The van der Waals surface area contributed by atoms with Crippen LogP contribution in [0, 0.1) is 0 Å². The maximum Gasteiger partial charge on any atom is 0.234 e. The van der Waals surface area contributed by atoms with Gasteiger partial charge >= 0.3 is 0 Å². The number of piperazine rings is 1. The van der Waals surface area contributed by atoms with Crippen LogP contribution < -0.4 is 5.32 Å². The fourth-order valence-electron chi connectivity index (χ4n) is 1.79. The summed E-state index contributed by atoms with van der Waals surface area (Å²) in [4.78, 5) is 25.0. The van der Waals surface area contributed by atoms with Crippen molar-refractivity contribution in [3.05, 3.63) is 33.8 Å². The summed E-state index contributed by atoms with van der Waals surface area (Å²) in [6.07, 6.45) is 0. The average Bonchev–Trinajstić information content (AvgIpc) is 2.32. The van der Waals surface area contributed by atoms with Gasteiger partial charge in [0.2, 0.25) is 5.91 Å². The zero-order valence-electron chi connectivity index (χ0n) is 9.58. The summed E-state index contributed by atoms with van der Waals surface area (Å²) in [6.45, 7) is 1.73. The molecule has 6 heteroatoms. The molecule has 1 aliphatic rings. The van der Waals surface area contributed by atoms with Crippen LogP contribution >= 0.6 is 23.2 Å². The lowest BCUT2D eigenvalue weighted by Crippen LogP contribution is -2.49. The van der Waals surface area contributed by atoms with Gasteiger partial charge in [0.25, 0.3) is 0 Å². The van der Waals surface area contributed by atoms with E-state index in [4.69, 9.17) is 23.2 Å². The monoisotopic (exact) mass is 286 g/mol. The normalized spacial score (nSPS) is 16.4. The molecule has 0 aliphatic carbocycles. The highest BCUT2D eigenvalue weighted by atomic mass is 35.5. The van der Waals surface area contributed by atoms with Gasteiger partial charge in [-0.1, -0.05) is 23.2 Å². The van der Waals surface area contributed by atoms with Gasteiger partial charge in [0.1, 0.15) is 0 Å². The Kier molecular flexibility index (Phi) is 4.22. The van der Waals surface area contributed by atoms with Crippen LogP contribution in [0.5, 0.6) is 0 Å². The Bertz CT molecular complexity index is 491. The van der Waals surface area contributed by atoms with Gasteiger partial charge in [0.05, 0.1) is 23.1 Å². The molecule has 0 aromatic heterocycles. The highest BCUT2D eigenvalue weighted by molar-refractivity contribution is 6.42. The molecule has 1 amide bonds. The van der Waals surface area contributed by atoms with Crippen molar-refractivity contribution >= 4 is 34.9 Å². The number of carbonyl (C=O) groups is 2. The second-order valence-corrected chi connectivity index (χ2v) is 4.93. The molecule has 1 aromatic carbocycles. The fraction of sp³-hybridized carbons (Fsp3) is 0.333. The summed E-state index contributed by atoms with van der Waals surface area (Å²) in [5.41, 5.74) is 0.510. The number of amides is 1. The molecule has 1 heterocycles. The average molecular weight is 287 g/mol. The molecule has 0 atom stereocenters. The van der Waals surface area contributed by atoms with Crippen molar-refractivity contribution in [3.8, 4) is 0 Å². The van der Waals surface area contributed by atoms with Crippen molar-refractivity contribution in [1.29, 1.82) is 0 Å². The van der Waals surface area contributed by atoms with E-state index in [0.717, 1.165) is 0 Å². The van der Waals surface area contributed by atoms with E-state index in [1.807, 2.05) is 4.90 Å². The van der Waals surface area contributed by atoms with Gasteiger partial charge in [-0.25, -0.2) is 0 Å². The van der Waals surface area contributed by atoms with Gasteiger partial charge in [0, 0.05) is 18.7 Å². The lowest BCUT2D eigenvalue weighted by atomic mass is 10.1. The second kappa shape index (κ2) is 5.69.